The van der Waals surface area contributed by atoms with Crippen LogP contribution in [-0.4, -0.2) is 11.6 Å². The Morgan fingerprint density at radius 1 is 1.33 bits per heavy atom. The van der Waals surface area contributed by atoms with Crippen molar-refractivity contribution >= 4 is 38.9 Å². The Morgan fingerprint density at radius 2 is 2.14 bits per heavy atom. The van der Waals surface area contributed by atoms with Crippen LogP contribution in [0.1, 0.15) is 23.0 Å². The number of nitrogens with one attached hydrogen (secondary N) is 1. The van der Waals surface area contributed by atoms with E-state index in [1.54, 1.807) is 11.3 Å². The topological polar surface area (TPSA) is 50.7 Å². The number of carbonyl (C=O) groups excluding carboxylic acids is 1. The molecule has 2 heterocycles. The molecule has 0 aliphatic carbocycles. The lowest BCUT2D eigenvalue weighted by molar-refractivity contribution is -0.115. The van der Waals surface area contributed by atoms with Crippen LogP contribution in [0.3, 0.4) is 0 Å². The molecule has 1 N–H and O–H groups in total. The summed E-state index contributed by atoms with van der Waals surface area (Å²) >= 11 is 5.00. The van der Waals surface area contributed by atoms with Gasteiger partial charge >= 0.3 is 0 Å². The molecular weight excluding hydrogens is 352 g/mol. The zero-order chi connectivity index (χ0) is 14.7. The first kappa shape index (κ1) is 14.3. The maximum Gasteiger partial charge on any atom is 0.269 e. The Morgan fingerprint density at radius 3 is 2.86 bits per heavy atom. The largest absolute Gasteiger partial charge is 0.387 e. The number of halogens is 1. The van der Waals surface area contributed by atoms with Gasteiger partial charge in [-0.05, 0) is 33.6 Å². The van der Waals surface area contributed by atoms with Gasteiger partial charge in [-0.3, -0.25) is 4.79 Å². The quantitative estimate of drug-likeness (QED) is 0.899. The van der Waals surface area contributed by atoms with E-state index in [9.17, 15) is 4.79 Å². The van der Waals surface area contributed by atoms with E-state index in [1.165, 1.54) is 0 Å². The van der Waals surface area contributed by atoms with Crippen molar-refractivity contribution in [3.05, 3.63) is 56.7 Å². The van der Waals surface area contributed by atoms with E-state index in [0.29, 0.717) is 18.7 Å². The lowest BCUT2D eigenvalue weighted by atomic mass is 10.0. The van der Waals surface area contributed by atoms with E-state index in [2.05, 4.69) is 26.4 Å². The van der Waals surface area contributed by atoms with Crippen LogP contribution in [0.4, 0.5) is 0 Å². The molecule has 1 amide bonds. The van der Waals surface area contributed by atoms with Crippen LogP contribution in [0, 0.1) is 0 Å². The van der Waals surface area contributed by atoms with Gasteiger partial charge in [-0.25, -0.2) is 0 Å². The third-order valence-corrected chi connectivity index (χ3v) is 4.78. The van der Waals surface area contributed by atoms with E-state index in [4.69, 9.17) is 4.84 Å². The normalized spacial score (nSPS) is 17.2. The van der Waals surface area contributed by atoms with Crippen LogP contribution < -0.4 is 5.32 Å². The maximum atomic E-state index is 12.1. The van der Waals surface area contributed by atoms with Gasteiger partial charge in [-0.15, -0.1) is 11.3 Å². The summed E-state index contributed by atoms with van der Waals surface area (Å²) in [6.07, 6.45) is 0.340. The molecule has 1 unspecified atom stereocenters. The molecule has 6 heteroatoms. The van der Waals surface area contributed by atoms with Gasteiger partial charge in [-0.2, -0.15) is 0 Å². The van der Waals surface area contributed by atoms with Crippen LogP contribution in [0.15, 0.2) is 51.4 Å². The molecule has 0 fully saturated rings. The van der Waals surface area contributed by atoms with E-state index >= 15 is 0 Å². The lowest BCUT2D eigenvalue weighted by Gasteiger charge is -2.07. The number of thiophene rings is 1. The van der Waals surface area contributed by atoms with Crippen molar-refractivity contribution in [2.45, 2.75) is 19.1 Å². The molecule has 0 saturated heterocycles. The van der Waals surface area contributed by atoms with Gasteiger partial charge in [0.15, 0.2) is 6.10 Å². The summed E-state index contributed by atoms with van der Waals surface area (Å²) < 4.78 is 1.05. The molecule has 0 radical (unpaired) electrons. The van der Waals surface area contributed by atoms with E-state index < -0.39 is 0 Å². The summed E-state index contributed by atoms with van der Waals surface area (Å²) in [4.78, 5) is 18.5. The van der Waals surface area contributed by atoms with Crippen molar-refractivity contribution in [2.24, 2.45) is 5.16 Å². The predicted octanol–water partition coefficient (Wildman–Crippen LogP) is 3.64. The minimum Gasteiger partial charge on any atom is -0.387 e. The Kier molecular flexibility index (Phi) is 4.36. The van der Waals surface area contributed by atoms with Crippen molar-refractivity contribution < 1.29 is 9.63 Å². The summed E-state index contributed by atoms with van der Waals surface area (Å²) in [6.45, 7) is 0.504. The van der Waals surface area contributed by atoms with Crippen LogP contribution in [0.25, 0.3) is 0 Å². The molecule has 21 heavy (non-hydrogen) atoms. The number of hydrogen-bond acceptors (Lipinski definition) is 4. The van der Waals surface area contributed by atoms with Crippen LogP contribution in [0.5, 0.6) is 0 Å². The van der Waals surface area contributed by atoms with E-state index in [1.807, 2.05) is 42.5 Å². The minimum absolute atomic E-state index is 0.164. The highest BCUT2D eigenvalue weighted by molar-refractivity contribution is 9.11. The molecular formula is C15H13BrN2O2S. The molecule has 4 nitrogen and oxygen atoms in total. The number of benzene rings is 1. The van der Waals surface area contributed by atoms with Crippen LogP contribution >= 0.6 is 27.3 Å². The fourth-order valence-electron chi connectivity index (χ4n) is 2.07. The van der Waals surface area contributed by atoms with Gasteiger partial charge in [0.2, 0.25) is 0 Å². The highest BCUT2D eigenvalue weighted by Gasteiger charge is 2.27. The molecule has 0 bridgehead atoms. The number of carbonyl (C=O) groups is 1. The maximum absolute atomic E-state index is 12.1. The zero-order valence-corrected chi connectivity index (χ0v) is 13.5. The third kappa shape index (κ3) is 3.51. The van der Waals surface area contributed by atoms with E-state index in [-0.39, 0.29) is 12.0 Å². The molecule has 1 aliphatic rings. The lowest BCUT2D eigenvalue weighted by Crippen LogP contribution is -2.29. The standard InChI is InChI=1S/C15H13BrN2O2S/c16-14-7-6-11(21-14)9-17-15(19)12-8-13(20-18-12)10-4-2-1-3-5-10/h1-7,13H,8-9H2,(H,17,19). The van der Waals surface area contributed by atoms with Gasteiger partial charge < -0.3 is 10.2 Å². The van der Waals surface area contributed by atoms with Gasteiger partial charge in [0, 0.05) is 11.3 Å². The number of nitrogens with zero attached hydrogens (tertiary/aromatic N) is 1. The van der Waals surface area contributed by atoms with Crippen molar-refractivity contribution in [1.82, 2.24) is 5.32 Å². The minimum atomic E-state index is -0.169. The zero-order valence-electron chi connectivity index (χ0n) is 11.1. The van der Waals surface area contributed by atoms with Crippen molar-refractivity contribution in [1.29, 1.82) is 0 Å². The fraction of sp³-hybridized carbons (Fsp3) is 0.200. The second-order valence-corrected chi connectivity index (χ2v) is 7.18. The fourth-order valence-corrected chi connectivity index (χ4v) is 3.50. The van der Waals surface area contributed by atoms with Gasteiger partial charge in [0.25, 0.3) is 5.91 Å². The average Bonchev–Trinajstić information content (AvgIpc) is 3.15. The van der Waals surface area contributed by atoms with Gasteiger partial charge in [0.1, 0.15) is 5.71 Å². The molecule has 1 atom stereocenters. The number of amides is 1. The third-order valence-electron chi connectivity index (χ3n) is 3.15. The van der Waals surface area contributed by atoms with Crippen molar-refractivity contribution in [2.75, 3.05) is 0 Å². The number of oxime groups is 1. The summed E-state index contributed by atoms with van der Waals surface area (Å²) in [5, 5.41) is 6.78. The van der Waals surface area contributed by atoms with Crippen LogP contribution in [0.2, 0.25) is 0 Å². The monoisotopic (exact) mass is 364 g/mol. The Balaban J connectivity index is 1.55. The molecule has 1 aromatic heterocycles. The smallest absolute Gasteiger partial charge is 0.269 e. The first-order valence-electron chi connectivity index (χ1n) is 6.52. The summed E-state index contributed by atoms with van der Waals surface area (Å²) in [5.74, 6) is -0.169. The number of rotatable bonds is 4. The molecule has 3 rings (SSSR count). The number of hydrogen-bond donors (Lipinski definition) is 1. The Hall–Kier alpha value is -1.66. The van der Waals surface area contributed by atoms with Crippen molar-refractivity contribution in [3.8, 4) is 0 Å². The predicted molar refractivity (Wildman–Crippen MR) is 86.2 cm³/mol. The van der Waals surface area contributed by atoms with Gasteiger partial charge in [-0.1, -0.05) is 35.5 Å². The average molecular weight is 365 g/mol. The highest BCUT2D eigenvalue weighted by atomic mass is 79.9. The molecule has 0 saturated carbocycles. The second-order valence-electron chi connectivity index (χ2n) is 4.64. The highest BCUT2D eigenvalue weighted by Crippen LogP contribution is 2.27. The van der Waals surface area contributed by atoms with Crippen molar-refractivity contribution in [3.63, 3.8) is 0 Å². The van der Waals surface area contributed by atoms with Crippen LogP contribution in [-0.2, 0) is 16.2 Å². The summed E-state index contributed by atoms with van der Waals surface area (Å²) in [6, 6.07) is 13.7. The summed E-state index contributed by atoms with van der Waals surface area (Å²) in [7, 11) is 0. The molecule has 108 valence electrons. The molecule has 0 spiro atoms. The Bertz CT molecular complexity index is 669. The first-order chi connectivity index (χ1) is 10.2. The van der Waals surface area contributed by atoms with Gasteiger partial charge in [0.05, 0.1) is 10.3 Å². The summed E-state index contributed by atoms with van der Waals surface area (Å²) in [5.41, 5.74) is 1.48. The second kappa shape index (κ2) is 6.41. The van der Waals surface area contributed by atoms with E-state index in [0.717, 1.165) is 14.2 Å². The SMILES string of the molecule is O=C(NCc1ccc(Br)s1)C1=NOC(c2ccccc2)C1. The molecule has 1 aliphatic heterocycles. The Labute approximate surface area is 134 Å². The molecule has 2 aromatic rings. The molecule has 1 aromatic carbocycles. The first-order valence-corrected chi connectivity index (χ1v) is 8.13.